The smallest absolute Gasteiger partial charge is 0.160 e. The molecule has 2 aromatic carbocycles. The van der Waals surface area contributed by atoms with E-state index in [1.165, 1.54) is 0 Å². The minimum Gasteiger partial charge on any atom is -0.496 e. The van der Waals surface area contributed by atoms with E-state index in [2.05, 4.69) is 13.0 Å². The van der Waals surface area contributed by atoms with Gasteiger partial charge in [0.25, 0.3) is 0 Å². The Bertz CT molecular complexity index is 680. The number of benzene rings is 2. The van der Waals surface area contributed by atoms with E-state index in [0.717, 1.165) is 28.9 Å². The Morgan fingerprint density at radius 3 is 1.68 bits per heavy atom. The number of ether oxygens (including phenoxy) is 3. The maximum absolute atomic E-state index is 10.00. The highest BCUT2D eigenvalue weighted by atomic mass is 16.5. The van der Waals surface area contributed by atoms with Crippen LogP contribution in [0.5, 0.6) is 17.2 Å². The third kappa shape index (κ3) is 5.40. The van der Waals surface area contributed by atoms with Crippen molar-refractivity contribution < 1.29 is 24.4 Å². The van der Waals surface area contributed by atoms with Crippen molar-refractivity contribution in [3.63, 3.8) is 0 Å². The van der Waals surface area contributed by atoms with Crippen LogP contribution in [0.15, 0.2) is 36.4 Å². The molecule has 0 radical (unpaired) electrons. The van der Waals surface area contributed by atoms with Gasteiger partial charge in [0.2, 0.25) is 0 Å². The molecule has 2 aromatic rings. The fraction of sp³-hybridized carbons (Fsp3) is 0.478. The van der Waals surface area contributed by atoms with Gasteiger partial charge in [-0.3, -0.25) is 0 Å². The Kier molecular flexibility index (Phi) is 8.61. The van der Waals surface area contributed by atoms with Crippen LogP contribution in [0, 0.1) is 11.8 Å². The van der Waals surface area contributed by atoms with Crippen LogP contribution in [0.25, 0.3) is 0 Å². The summed E-state index contributed by atoms with van der Waals surface area (Å²) in [7, 11) is 4.89. The topological polar surface area (TPSA) is 68.2 Å². The second kappa shape index (κ2) is 10.9. The third-order valence-electron chi connectivity index (χ3n) is 5.31. The molecule has 0 fully saturated rings. The van der Waals surface area contributed by atoms with Gasteiger partial charge in [-0.1, -0.05) is 25.1 Å². The van der Waals surface area contributed by atoms with E-state index in [1.54, 1.807) is 21.3 Å². The summed E-state index contributed by atoms with van der Waals surface area (Å²) in [4.78, 5) is 0. The quantitative estimate of drug-likeness (QED) is 0.618. The Morgan fingerprint density at radius 1 is 0.714 bits per heavy atom. The second-order valence-corrected chi connectivity index (χ2v) is 6.98. The van der Waals surface area contributed by atoms with Gasteiger partial charge < -0.3 is 24.4 Å². The van der Waals surface area contributed by atoms with Gasteiger partial charge in [-0.2, -0.15) is 0 Å². The van der Waals surface area contributed by atoms with Crippen LogP contribution < -0.4 is 14.2 Å². The Morgan fingerprint density at radius 2 is 1.21 bits per heavy atom. The molecule has 0 aliphatic rings. The molecule has 5 heteroatoms. The molecule has 0 heterocycles. The van der Waals surface area contributed by atoms with Gasteiger partial charge in [0.05, 0.1) is 21.3 Å². The summed E-state index contributed by atoms with van der Waals surface area (Å²) in [5, 5.41) is 20.0. The largest absolute Gasteiger partial charge is 0.496 e. The first-order valence-corrected chi connectivity index (χ1v) is 9.68. The predicted octanol–water partition coefficient (Wildman–Crippen LogP) is 3.28. The van der Waals surface area contributed by atoms with E-state index in [4.69, 9.17) is 14.2 Å². The van der Waals surface area contributed by atoms with E-state index in [9.17, 15) is 10.2 Å². The van der Waals surface area contributed by atoms with E-state index >= 15 is 0 Å². The van der Waals surface area contributed by atoms with Crippen molar-refractivity contribution in [2.75, 3.05) is 34.5 Å². The van der Waals surface area contributed by atoms with Gasteiger partial charge in [0.15, 0.2) is 11.5 Å². The Hall–Kier alpha value is -2.24. The maximum atomic E-state index is 10.00. The molecule has 2 N–H and O–H groups in total. The van der Waals surface area contributed by atoms with Crippen LogP contribution in [0.3, 0.4) is 0 Å². The molecule has 0 amide bonds. The molecule has 0 saturated heterocycles. The average molecular weight is 389 g/mol. The predicted molar refractivity (Wildman–Crippen MR) is 110 cm³/mol. The average Bonchev–Trinajstić information content (AvgIpc) is 2.75. The van der Waals surface area contributed by atoms with Crippen LogP contribution in [0.4, 0.5) is 0 Å². The number of hydrogen-bond donors (Lipinski definition) is 2. The summed E-state index contributed by atoms with van der Waals surface area (Å²) in [6, 6.07) is 11.9. The molecule has 0 saturated carbocycles. The summed E-state index contributed by atoms with van der Waals surface area (Å²) < 4.78 is 16.1. The molecular weight excluding hydrogens is 356 g/mol. The van der Waals surface area contributed by atoms with Crippen molar-refractivity contribution in [1.82, 2.24) is 0 Å². The number of aryl methyl sites for hydroxylation is 1. The van der Waals surface area contributed by atoms with Gasteiger partial charge in [-0.05, 0) is 66.0 Å². The third-order valence-corrected chi connectivity index (χ3v) is 5.31. The minimum absolute atomic E-state index is 0.0103. The van der Waals surface area contributed by atoms with Gasteiger partial charge in [0, 0.05) is 13.2 Å². The van der Waals surface area contributed by atoms with E-state index < -0.39 is 0 Å². The van der Waals surface area contributed by atoms with Gasteiger partial charge in [-0.25, -0.2) is 0 Å². The van der Waals surface area contributed by atoms with E-state index in [0.29, 0.717) is 24.3 Å². The molecule has 0 unspecified atom stereocenters. The van der Waals surface area contributed by atoms with Crippen LogP contribution in [-0.4, -0.2) is 44.8 Å². The fourth-order valence-corrected chi connectivity index (χ4v) is 3.61. The molecule has 154 valence electrons. The molecule has 0 spiro atoms. The molecule has 0 aliphatic heterocycles. The number of methoxy groups -OCH3 is 3. The summed E-state index contributed by atoms with van der Waals surface area (Å²) in [6.45, 7) is 2.13. The SMILES string of the molecule is CCc1cc(C[C@@H](CO)[C@@H](CO)Cc2ccc(OC)c(OC)c2)ccc1OC. The zero-order valence-electron chi connectivity index (χ0n) is 17.3. The van der Waals surface area contributed by atoms with Crippen molar-refractivity contribution in [1.29, 1.82) is 0 Å². The highest BCUT2D eigenvalue weighted by Gasteiger charge is 2.22. The first-order valence-electron chi connectivity index (χ1n) is 9.68. The molecular formula is C23H32O5. The standard InChI is InChI=1S/C23H32O5/c1-5-18-10-16(6-8-21(18)26-2)11-19(14-24)20(15-25)12-17-7-9-22(27-3)23(13-17)28-4/h6-10,13,19-20,24-25H,5,11-12,14-15H2,1-4H3/t19-,20+/m0/s1. The molecule has 0 aromatic heterocycles. The van der Waals surface area contributed by atoms with Crippen molar-refractivity contribution in [2.45, 2.75) is 26.2 Å². The monoisotopic (exact) mass is 388 g/mol. The number of hydrogen-bond acceptors (Lipinski definition) is 5. The van der Waals surface area contributed by atoms with Crippen LogP contribution in [0.1, 0.15) is 23.6 Å². The van der Waals surface area contributed by atoms with Crippen LogP contribution in [0.2, 0.25) is 0 Å². The lowest BCUT2D eigenvalue weighted by atomic mass is 9.83. The lowest BCUT2D eigenvalue weighted by Gasteiger charge is -2.25. The van der Waals surface area contributed by atoms with E-state index in [-0.39, 0.29) is 25.0 Å². The summed E-state index contributed by atoms with van der Waals surface area (Å²) in [6.07, 6.45) is 2.24. The first kappa shape index (κ1) is 22.1. The van der Waals surface area contributed by atoms with Crippen molar-refractivity contribution >= 4 is 0 Å². The molecule has 0 aliphatic carbocycles. The van der Waals surface area contributed by atoms with Gasteiger partial charge in [-0.15, -0.1) is 0 Å². The molecule has 2 rings (SSSR count). The highest BCUT2D eigenvalue weighted by Crippen LogP contribution is 2.30. The summed E-state index contributed by atoms with van der Waals surface area (Å²) >= 11 is 0. The zero-order valence-corrected chi connectivity index (χ0v) is 17.3. The number of rotatable bonds is 11. The Labute approximate surface area is 167 Å². The van der Waals surface area contributed by atoms with Crippen molar-refractivity contribution in [2.24, 2.45) is 11.8 Å². The molecule has 5 nitrogen and oxygen atoms in total. The first-order chi connectivity index (χ1) is 13.6. The molecule has 0 bridgehead atoms. The van der Waals surface area contributed by atoms with Crippen LogP contribution >= 0.6 is 0 Å². The molecule has 2 atom stereocenters. The van der Waals surface area contributed by atoms with Crippen molar-refractivity contribution in [3.05, 3.63) is 53.1 Å². The van der Waals surface area contributed by atoms with E-state index in [1.807, 2.05) is 30.3 Å². The number of aliphatic hydroxyl groups excluding tert-OH is 2. The van der Waals surface area contributed by atoms with Crippen LogP contribution in [-0.2, 0) is 19.3 Å². The molecule has 28 heavy (non-hydrogen) atoms. The number of aliphatic hydroxyl groups is 2. The summed E-state index contributed by atoms with van der Waals surface area (Å²) in [5.41, 5.74) is 3.33. The lowest BCUT2D eigenvalue weighted by Crippen LogP contribution is -2.26. The highest BCUT2D eigenvalue weighted by molar-refractivity contribution is 5.43. The minimum atomic E-state index is -0.0599. The summed E-state index contributed by atoms with van der Waals surface area (Å²) in [5.74, 6) is 2.12. The fourth-order valence-electron chi connectivity index (χ4n) is 3.61. The van der Waals surface area contributed by atoms with Crippen molar-refractivity contribution in [3.8, 4) is 17.2 Å². The normalized spacial score (nSPS) is 13.1. The van der Waals surface area contributed by atoms with Gasteiger partial charge in [0.1, 0.15) is 5.75 Å². The van der Waals surface area contributed by atoms with Gasteiger partial charge >= 0.3 is 0 Å². The lowest BCUT2D eigenvalue weighted by molar-refractivity contribution is 0.119. The second-order valence-electron chi connectivity index (χ2n) is 6.98. The zero-order chi connectivity index (χ0) is 20.5. The Balaban J connectivity index is 2.17. The maximum Gasteiger partial charge on any atom is 0.160 e.